The highest BCUT2D eigenvalue weighted by molar-refractivity contribution is 5.83. The van der Waals surface area contributed by atoms with Gasteiger partial charge in [0.1, 0.15) is 0 Å². The minimum absolute atomic E-state index is 0.00641. The third-order valence-corrected chi connectivity index (χ3v) is 9.72. The van der Waals surface area contributed by atoms with E-state index in [2.05, 4.69) is 26.8 Å². The Morgan fingerprint density at radius 2 is 1.67 bits per heavy atom. The summed E-state index contributed by atoms with van der Waals surface area (Å²) in [4.78, 5) is 37.0. The molecule has 0 aliphatic heterocycles. The fourth-order valence-corrected chi connectivity index (χ4v) is 8.56. The Bertz CT molecular complexity index is 830. The molecule has 6 heteroatoms. The number of carbonyl (C=O) groups is 3. The van der Waals surface area contributed by atoms with Gasteiger partial charge in [-0.15, -0.1) is 0 Å². The van der Waals surface area contributed by atoms with Crippen molar-refractivity contribution in [1.82, 2.24) is 0 Å². The SMILES string of the molecule is CC(C)C1=C[C@@]23CC[C@@H]4[C@@](C)(CCC[C@@]4(C)C(=O)O)[C@@H]2C[C@H]1[C@H](C(=O)O)[C@H]3C(=O)O. The van der Waals surface area contributed by atoms with Gasteiger partial charge in [-0.25, -0.2) is 0 Å². The lowest BCUT2D eigenvalue weighted by Crippen LogP contribution is -2.66. The van der Waals surface area contributed by atoms with Crippen LogP contribution in [0.2, 0.25) is 0 Å². The van der Waals surface area contributed by atoms with Crippen LogP contribution in [-0.4, -0.2) is 33.2 Å². The maximum Gasteiger partial charge on any atom is 0.309 e. The predicted octanol–water partition coefficient (Wildman–Crippen LogP) is 4.30. The predicted molar refractivity (Wildman–Crippen MR) is 110 cm³/mol. The molecule has 5 rings (SSSR count). The molecule has 0 aromatic rings. The summed E-state index contributed by atoms with van der Waals surface area (Å²) >= 11 is 0. The molecule has 0 aromatic carbocycles. The fourth-order valence-electron chi connectivity index (χ4n) is 8.56. The molecule has 0 aromatic heterocycles. The molecule has 1 spiro atoms. The Labute approximate surface area is 177 Å². The molecule has 6 nitrogen and oxygen atoms in total. The van der Waals surface area contributed by atoms with E-state index in [4.69, 9.17) is 0 Å². The molecule has 0 saturated heterocycles. The number of rotatable bonds is 4. The van der Waals surface area contributed by atoms with Crippen LogP contribution in [0.25, 0.3) is 0 Å². The van der Waals surface area contributed by atoms with Gasteiger partial charge >= 0.3 is 17.9 Å². The van der Waals surface area contributed by atoms with Crippen molar-refractivity contribution in [1.29, 1.82) is 0 Å². The van der Waals surface area contributed by atoms with Crippen LogP contribution in [0, 0.1) is 51.8 Å². The van der Waals surface area contributed by atoms with Crippen LogP contribution >= 0.6 is 0 Å². The van der Waals surface area contributed by atoms with Gasteiger partial charge in [-0.05, 0) is 68.1 Å². The smallest absolute Gasteiger partial charge is 0.309 e. The number of hydrogen-bond acceptors (Lipinski definition) is 3. The van der Waals surface area contributed by atoms with Crippen LogP contribution in [0.3, 0.4) is 0 Å². The lowest BCUT2D eigenvalue weighted by molar-refractivity contribution is -0.207. The molecule has 5 aliphatic rings. The van der Waals surface area contributed by atoms with Crippen molar-refractivity contribution in [3.63, 3.8) is 0 Å². The third kappa shape index (κ3) is 2.51. The standard InChI is InChI=1S/C24H34O6/c1-12(2)14-11-24-9-6-15-22(3,7-5-8-23(15,4)21(29)30)16(24)10-13(14)17(19(25)26)18(24)20(27)28/h11-13,15-18H,5-10H2,1-4H3,(H,25,26)(H,27,28)(H,29,30)/t13-,15-,16+,17+,18+,22-,23-,24+/m1/s1. The van der Waals surface area contributed by atoms with Crippen molar-refractivity contribution in [3.8, 4) is 0 Å². The highest BCUT2D eigenvalue weighted by atomic mass is 16.4. The summed E-state index contributed by atoms with van der Waals surface area (Å²) in [5.74, 6) is -4.76. The summed E-state index contributed by atoms with van der Waals surface area (Å²) in [6.07, 6.45) is 6.36. The Morgan fingerprint density at radius 1 is 1.00 bits per heavy atom. The first-order valence-electron chi connectivity index (χ1n) is 11.3. The van der Waals surface area contributed by atoms with Gasteiger partial charge in [-0.3, -0.25) is 14.4 Å². The van der Waals surface area contributed by atoms with Crippen molar-refractivity contribution in [2.45, 2.75) is 66.2 Å². The second-order valence-electron chi connectivity index (χ2n) is 11.2. The number of carboxylic acid groups (broad SMARTS) is 3. The van der Waals surface area contributed by atoms with Crippen LogP contribution in [0.5, 0.6) is 0 Å². The molecule has 0 unspecified atom stereocenters. The van der Waals surface area contributed by atoms with Crippen LogP contribution in [-0.2, 0) is 14.4 Å². The number of allylic oxidation sites excluding steroid dienone is 2. The van der Waals surface area contributed by atoms with E-state index in [9.17, 15) is 29.7 Å². The minimum Gasteiger partial charge on any atom is -0.481 e. The topological polar surface area (TPSA) is 112 Å². The van der Waals surface area contributed by atoms with Crippen molar-refractivity contribution in [3.05, 3.63) is 11.6 Å². The van der Waals surface area contributed by atoms with Crippen LogP contribution < -0.4 is 0 Å². The first-order chi connectivity index (χ1) is 13.9. The zero-order chi connectivity index (χ0) is 22.2. The largest absolute Gasteiger partial charge is 0.481 e. The molecule has 5 aliphatic carbocycles. The van der Waals surface area contributed by atoms with Crippen molar-refractivity contribution >= 4 is 17.9 Å². The average molecular weight is 419 g/mol. The van der Waals surface area contributed by atoms with E-state index >= 15 is 0 Å². The number of aliphatic carboxylic acids is 3. The van der Waals surface area contributed by atoms with Gasteiger partial charge in [-0.2, -0.15) is 0 Å². The van der Waals surface area contributed by atoms with E-state index in [0.29, 0.717) is 25.7 Å². The van der Waals surface area contributed by atoms with E-state index in [1.165, 1.54) is 0 Å². The van der Waals surface area contributed by atoms with Crippen LogP contribution in [0.1, 0.15) is 66.2 Å². The van der Waals surface area contributed by atoms with Gasteiger partial charge in [-0.1, -0.05) is 38.8 Å². The molecular formula is C24H34O6. The Balaban J connectivity index is 1.89. The molecule has 3 saturated carbocycles. The van der Waals surface area contributed by atoms with E-state index in [-0.39, 0.29) is 29.1 Å². The van der Waals surface area contributed by atoms with Gasteiger partial charge in [0.15, 0.2) is 0 Å². The minimum atomic E-state index is -1.02. The maximum absolute atomic E-state index is 12.5. The summed E-state index contributed by atoms with van der Waals surface area (Å²) in [5.41, 5.74) is -0.709. The lowest BCUT2D eigenvalue weighted by Gasteiger charge is -2.68. The molecular weight excluding hydrogens is 384 g/mol. The Hall–Kier alpha value is -1.85. The zero-order valence-corrected chi connectivity index (χ0v) is 18.4. The van der Waals surface area contributed by atoms with Crippen LogP contribution in [0.4, 0.5) is 0 Å². The highest BCUT2D eigenvalue weighted by Gasteiger charge is 2.71. The van der Waals surface area contributed by atoms with Crippen molar-refractivity contribution in [2.75, 3.05) is 0 Å². The Morgan fingerprint density at radius 3 is 2.20 bits per heavy atom. The second-order valence-corrected chi connectivity index (χ2v) is 11.2. The molecule has 0 amide bonds. The lowest BCUT2D eigenvalue weighted by atomic mass is 9.34. The second kappa shape index (κ2) is 6.57. The molecule has 30 heavy (non-hydrogen) atoms. The molecule has 166 valence electrons. The molecule has 8 atom stereocenters. The quantitative estimate of drug-likeness (QED) is 0.587. The molecule has 3 fully saturated rings. The fraction of sp³-hybridized carbons (Fsp3) is 0.792. The van der Waals surface area contributed by atoms with E-state index in [1.54, 1.807) is 0 Å². The van der Waals surface area contributed by atoms with Crippen LogP contribution in [0.15, 0.2) is 11.6 Å². The number of carboxylic acids is 3. The first-order valence-corrected chi connectivity index (χ1v) is 11.3. The first kappa shape index (κ1) is 21.4. The third-order valence-electron chi connectivity index (χ3n) is 9.72. The molecule has 0 radical (unpaired) electrons. The highest BCUT2D eigenvalue weighted by Crippen LogP contribution is 2.73. The van der Waals surface area contributed by atoms with Gasteiger partial charge < -0.3 is 15.3 Å². The van der Waals surface area contributed by atoms with E-state index < -0.39 is 40.6 Å². The molecule has 2 bridgehead atoms. The summed E-state index contributed by atoms with van der Waals surface area (Å²) < 4.78 is 0. The van der Waals surface area contributed by atoms with Gasteiger partial charge in [0.25, 0.3) is 0 Å². The summed E-state index contributed by atoms with van der Waals surface area (Å²) in [6, 6.07) is 0. The summed E-state index contributed by atoms with van der Waals surface area (Å²) in [7, 11) is 0. The number of hydrogen-bond donors (Lipinski definition) is 3. The van der Waals surface area contributed by atoms with E-state index in [1.807, 2.05) is 6.92 Å². The normalized spacial score (nSPS) is 47.2. The summed E-state index contributed by atoms with van der Waals surface area (Å²) in [5, 5.41) is 30.3. The Kier molecular flexibility index (Phi) is 4.68. The zero-order valence-electron chi connectivity index (χ0n) is 18.4. The maximum atomic E-state index is 12.5. The molecule has 0 heterocycles. The van der Waals surface area contributed by atoms with E-state index in [0.717, 1.165) is 18.4 Å². The van der Waals surface area contributed by atoms with Gasteiger partial charge in [0.2, 0.25) is 0 Å². The van der Waals surface area contributed by atoms with Gasteiger partial charge in [0.05, 0.1) is 17.3 Å². The average Bonchev–Trinajstić information content (AvgIpc) is 2.65. The monoisotopic (exact) mass is 418 g/mol. The number of fused-ring (bicyclic) bond motifs is 2. The van der Waals surface area contributed by atoms with Crippen molar-refractivity contribution < 1.29 is 29.7 Å². The molecule has 3 N–H and O–H groups in total. The van der Waals surface area contributed by atoms with Gasteiger partial charge in [0, 0.05) is 5.41 Å². The summed E-state index contributed by atoms with van der Waals surface area (Å²) in [6.45, 7) is 8.15. The van der Waals surface area contributed by atoms with Crippen molar-refractivity contribution in [2.24, 2.45) is 51.8 Å².